The number of rotatable bonds is 9. The average Bonchev–Trinajstić information content (AvgIpc) is 2.62. The second-order valence-corrected chi connectivity index (χ2v) is 9.00. The molecule has 1 aliphatic rings. The Bertz CT molecular complexity index is 559. The van der Waals surface area contributed by atoms with Gasteiger partial charge in [0, 0.05) is 18.5 Å². The fraction of sp³-hybridized carbons (Fsp3) is 0.696. The Labute approximate surface area is 165 Å². The van der Waals surface area contributed by atoms with Crippen molar-refractivity contribution >= 4 is 5.91 Å². The van der Waals surface area contributed by atoms with Crippen molar-refractivity contribution in [3.8, 4) is 0 Å². The first kappa shape index (κ1) is 21.9. The van der Waals surface area contributed by atoms with Gasteiger partial charge in [-0.15, -0.1) is 0 Å². The van der Waals surface area contributed by atoms with Gasteiger partial charge in [0.1, 0.15) is 0 Å². The van der Waals surface area contributed by atoms with Crippen molar-refractivity contribution in [3.63, 3.8) is 0 Å². The minimum absolute atomic E-state index is 0.144. The van der Waals surface area contributed by atoms with E-state index in [1.807, 2.05) is 13.8 Å². The molecule has 1 saturated heterocycles. The minimum atomic E-state index is -0.618. The zero-order valence-corrected chi connectivity index (χ0v) is 17.6. The van der Waals surface area contributed by atoms with Crippen LogP contribution in [0.2, 0.25) is 0 Å². The highest BCUT2D eigenvalue weighted by molar-refractivity contribution is 5.79. The third-order valence-electron chi connectivity index (χ3n) is 5.67. The monoisotopic (exact) mass is 374 g/mol. The van der Waals surface area contributed by atoms with Gasteiger partial charge in [0.2, 0.25) is 5.91 Å². The molecule has 2 atom stereocenters. The summed E-state index contributed by atoms with van der Waals surface area (Å²) in [6, 6.07) is 10.8. The number of nitrogens with one attached hydrogen (secondary N) is 1. The number of benzene rings is 1. The SMILES string of the molecule is CC(CCCC(C)(C)O)NC(=O)C1CCN(CC(C)c2ccccc2)CC1. The predicted molar refractivity (Wildman–Crippen MR) is 112 cm³/mol. The lowest BCUT2D eigenvalue weighted by molar-refractivity contribution is -0.127. The maximum atomic E-state index is 12.5. The second kappa shape index (κ2) is 10.2. The van der Waals surface area contributed by atoms with Gasteiger partial charge in [0.25, 0.3) is 0 Å². The molecule has 0 spiro atoms. The Morgan fingerprint density at radius 1 is 1.22 bits per heavy atom. The van der Waals surface area contributed by atoms with Crippen LogP contribution in [-0.4, -0.2) is 47.2 Å². The van der Waals surface area contributed by atoms with Crippen molar-refractivity contribution in [2.24, 2.45) is 5.92 Å². The summed E-state index contributed by atoms with van der Waals surface area (Å²) in [5, 5.41) is 13.0. The lowest BCUT2D eigenvalue weighted by atomic mass is 9.93. The molecule has 4 heteroatoms. The molecule has 2 N–H and O–H groups in total. The first-order chi connectivity index (χ1) is 12.7. The van der Waals surface area contributed by atoms with Gasteiger partial charge in [-0.1, -0.05) is 37.3 Å². The Hall–Kier alpha value is -1.39. The molecule has 4 nitrogen and oxygen atoms in total. The van der Waals surface area contributed by atoms with Crippen molar-refractivity contribution in [2.45, 2.75) is 77.4 Å². The van der Waals surface area contributed by atoms with Gasteiger partial charge in [0.15, 0.2) is 0 Å². The summed E-state index contributed by atoms with van der Waals surface area (Å²) < 4.78 is 0. The molecular formula is C23H38N2O2. The van der Waals surface area contributed by atoms with Gasteiger partial charge in [-0.3, -0.25) is 4.79 Å². The zero-order valence-electron chi connectivity index (χ0n) is 17.6. The van der Waals surface area contributed by atoms with E-state index in [0.717, 1.165) is 51.7 Å². The molecule has 1 heterocycles. The summed E-state index contributed by atoms with van der Waals surface area (Å²) in [7, 11) is 0. The third-order valence-corrected chi connectivity index (χ3v) is 5.67. The topological polar surface area (TPSA) is 52.6 Å². The van der Waals surface area contributed by atoms with Gasteiger partial charge in [-0.05, 0) is 77.4 Å². The van der Waals surface area contributed by atoms with E-state index in [1.165, 1.54) is 5.56 Å². The Morgan fingerprint density at radius 3 is 2.44 bits per heavy atom. The van der Waals surface area contributed by atoms with Crippen molar-refractivity contribution in [2.75, 3.05) is 19.6 Å². The lowest BCUT2D eigenvalue weighted by Crippen LogP contribution is -2.43. The lowest BCUT2D eigenvalue weighted by Gasteiger charge is -2.33. The molecular weight excluding hydrogens is 336 g/mol. The minimum Gasteiger partial charge on any atom is -0.390 e. The van der Waals surface area contributed by atoms with E-state index in [4.69, 9.17) is 0 Å². The van der Waals surface area contributed by atoms with Crippen LogP contribution in [0.1, 0.15) is 71.3 Å². The van der Waals surface area contributed by atoms with Gasteiger partial charge in [-0.2, -0.15) is 0 Å². The van der Waals surface area contributed by atoms with E-state index in [2.05, 4.69) is 54.4 Å². The van der Waals surface area contributed by atoms with Crippen LogP contribution in [0.5, 0.6) is 0 Å². The van der Waals surface area contributed by atoms with Crippen LogP contribution in [0.25, 0.3) is 0 Å². The summed E-state index contributed by atoms with van der Waals surface area (Å²) in [6.07, 6.45) is 4.52. The van der Waals surface area contributed by atoms with E-state index in [-0.39, 0.29) is 17.9 Å². The summed E-state index contributed by atoms with van der Waals surface area (Å²) in [5.74, 6) is 0.874. The largest absolute Gasteiger partial charge is 0.390 e. The summed E-state index contributed by atoms with van der Waals surface area (Å²) >= 11 is 0. The molecule has 1 aromatic carbocycles. The van der Waals surface area contributed by atoms with E-state index in [0.29, 0.717) is 5.92 Å². The second-order valence-electron chi connectivity index (χ2n) is 9.00. The summed E-state index contributed by atoms with van der Waals surface area (Å²) in [5.41, 5.74) is 0.769. The fourth-order valence-corrected chi connectivity index (χ4v) is 3.93. The standard InChI is InChI=1S/C23H38N2O2/c1-18(20-10-6-5-7-11-20)17-25-15-12-21(13-16-25)22(26)24-19(2)9-8-14-23(3,4)27/h5-7,10-11,18-19,21,27H,8-9,12-17H2,1-4H3,(H,24,26). The maximum Gasteiger partial charge on any atom is 0.223 e. The molecule has 27 heavy (non-hydrogen) atoms. The van der Waals surface area contributed by atoms with E-state index < -0.39 is 5.60 Å². The van der Waals surface area contributed by atoms with Crippen LogP contribution in [-0.2, 0) is 4.79 Å². The highest BCUT2D eigenvalue weighted by Gasteiger charge is 2.26. The van der Waals surface area contributed by atoms with Crippen LogP contribution in [0, 0.1) is 5.92 Å². The van der Waals surface area contributed by atoms with Crippen LogP contribution in [0.4, 0.5) is 0 Å². The van der Waals surface area contributed by atoms with Crippen molar-refractivity contribution in [1.82, 2.24) is 10.2 Å². The molecule has 0 aromatic heterocycles. The molecule has 2 rings (SSSR count). The van der Waals surface area contributed by atoms with Crippen LogP contribution < -0.4 is 5.32 Å². The smallest absolute Gasteiger partial charge is 0.223 e. The van der Waals surface area contributed by atoms with E-state index in [1.54, 1.807) is 0 Å². The quantitative estimate of drug-likeness (QED) is 0.688. The number of hydrogen-bond donors (Lipinski definition) is 2. The number of nitrogens with zero attached hydrogens (tertiary/aromatic N) is 1. The van der Waals surface area contributed by atoms with Crippen LogP contribution >= 0.6 is 0 Å². The highest BCUT2D eigenvalue weighted by atomic mass is 16.3. The van der Waals surface area contributed by atoms with Crippen LogP contribution in [0.3, 0.4) is 0 Å². The first-order valence-electron chi connectivity index (χ1n) is 10.5. The highest BCUT2D eigenvalue weighted by Crippen LogP contribution is 2.22. The number of aliphatic hydroxyl groups is 1. The Kier molecular flexibility index (Phi) is 8.30. The van der Waals surface area contributed by atoms with Crippen LogP contribution in [0.15, 0.2) is 30.3 Å². The normalized spacial score (nSPS) is 18.9. The number of hydrogen-bond acceptors (Lipinski definition) is 3. The molecule has 0 saturated carbocycles. The predicted octanol–water partition coefficient (Wildman–Crippen LogP) is 3.95. The maximum absolute atomic E-state index is 12.5. The summed E-state index contributed by atoms with van der Waals surface area (Å²) in [6.45, 7) is 11.1. The molecule has 0 aliphatic carbocycles. The zero-order chi connectivity index (χ0) is 19.9. The number of piperidine rings is 1. The van der Waals surface area contributed by atoms with Crippen molar-refractivity contribution in [1.29, 1.82) is 0 Å². The Morgan fingerprint density at radius 2 is 1.85 bits per heavy atom. The molecule has 1 amide bonds. The molecule has 0 bridgehead atoms. The number of amides is 1. The van der Waals surface area contributed by atoms with Gasteiger partial charge < -0.3 is 15.3 Å². The molecule has 1 aliphatic heterocycles. The van der Waals surface area contributed by atoms with Gasteiger partial charge in [0.05, 0.1) is 5.60 Å². The molecule has 1 fully saturated rings. The third kappa shape index (κ3) is 8.02. The Balaban J connectivity index is 1.68. The van der Waals surface area contributed by atoms with E-state index >= 15 is 0 Å². The first-order valence-corrected chi connectivity index (χ1v) is 10.5. The number of carbonyl (C=O) groups is 1. The van der Waals surface area contributed by atoms with Gasteiger partial charge in [-0.25, -0.2) is 0 Å². The molecule has 2 unspecified atom stereocenters. The molecule has 1 aromatic rings. The fourth-order valence-electron chi connectivity index (χ4n) is 3.93. The average molecular weight is 375 g/mol. The molecule has 152 valence electrons. The number of carbonyl (C=O) groups excluding carboxylic acids is 1. The van der Waals surface area contributed by atoms with E-state index in [9.17, 15) is 9.90 Å². The van der Waals surface area contributed by atoms with Crippen molar-refractivity contribution < 1.29 is 9.90 Å². The molecule has 0 radical (unpaired) electrons. The van der Waals surface area contributed by atoms with Crippen molar-refractivity contribution in [3.05, 3.63) is 35.9 Å². The number of likely N-dealkylation sites (tertiary alicyclic amines) is 1. The summed E-state index contributed by atoms with van der Waals surface area (Å²) in [4.78, 5) is 15.0. The van der Waals surface area contributed by atoms with Gasteiger partial charge >= 0.3 is 0 Å².